The number of anilines is 1. The number of halogens is 2. The van der Waals surface area contributed by atoms with Gasteiger partial charge in [-0.2, -0.15) is 0 Å². The Morgan fingerprint density at radius 1 is 1.47 bits per heavy atom. The van der Waals surface area contributed by atoms with E-state index in [0.29, 0.717) is 10.1 Å². The summed E-state index contributed by atoms with van der Waals surface area (Å²) in [5.74, 6) is -1.31. The van der Waals surface area contributed by atoms with Crippen LogP contribution in [0.3, 0.4) is 0 Å². The van der Waals surface area contributed by atoms with Crippen LogP contribution in [-0.2, 0) is 0 Å². The molecule has 17 heavy (non-hydrogen) atoms. The highest BCUT2D eigenvalue weighted by atomic mass is 35.5. The Kier molecular flexibility index (Phi) is 3.35. The number of benzene rings is 1. The Balaban J connectivity index is 2.26. The van der Waals surface area contributed by atoms with Gasteiger partial charge in [0.15, 0.2) is 0 Å². The van der Waals surface area contributed by atoms with E-state index in [1.165, 1.54) is 29.5 Å². The molecule has 0 atom stereocenters. The van der Waals surface area contributed by atoms with Gasteiger partial charge in [0, 0.05) is 0 Å². The number of rotatable bonds is 2. The first-order valence-electron chi connectivity index (χ1n) is 4.63. The predicted octanol–water partition coefficient (Wildman–Crippen LogP) is 2.89. The van der Waals surface area contributed by atoms with Crippen molar-refractivity contribution in [1.29, 1.82) is 0 Å². The number of hydrogen-bond acceptors (Lipinski definition) is 4. The Bertz CT molecular complexity index is 552. The van der Waals surface area contributed by atoms with Crippen molar-refractivity contribution in [2.45, 2.75) is 6.92 Å². The first-order chi connectivity index (χ1) is 8.08. The minimum atomic E-state index is -0.670. The molecular weight excluding hydrogens is 265 g/mol. The second-order valence-electron chi connectivity index (χ2n) is 3.18. The van der Waals surface area contributed by atoms with E-state index in [0.717, 1.165) is 0 Å². The van der Waals surface area contributed by atoms with Crippen LogP contribution >= 0.6 is 22.9 Å². The lowest BCUT2D eigenvalue weighted by Gasteiger charge is -2.04. The lowest BCUT2D eigenvalue weighted by Crippen LogP contribution is -2.14. The smallest absolute Gasteiger partial charge is 0.261 e. The van der Waals surface area contributed by atoms with Crippen molar-refractivity contribution in [3.05, 3.63) is 39.6 Å². The van der Waals surface area contributed by atoms with Crippen molar-refractivity contribution in [3.63, 3.8) is 0 Å². The van der Waals surface area contributed by atoms with Gasteiger partial charge < -0.3 is 0 Å². The van der Waals surface area contributed by atoms with E-state index < -0.39 is 11.7 Å². The van der Waals surface area contributed by atoms with Gasteiger partial charge in [0.05, 0.1) is 10.6 Å². The maximum atomic E-state index is 13.4. The molecule has 1 aromatic heterocycles. The fourth-order valence-electron chi connectivity index (χ4n) is 1.22. The minimum absolute atomic E-state index is 0.0590. The van der Waals surface area contributed by atoms with Gasteiger partial charge in [0.1, 0.15) is 10.8 Å². The van der Waals surface area contributed by atoms with Gasteiger partial charge in [-0.15, -0.1) is 10.2 Å². The molecule has 0 aliphatic rings. The van der Waals surface area contributed by atoms with E-state index in [2.05, 4.69) is 15.5 Å². The van der Waals surface area contributed by atoms with Gasteiger partial charge in [-0.25, -0.2) is 4.39 Å². The molecule has 7 heteroatoms. The fourth-order valence-corrected chi connectivity index (χ4v) is 2.06. The van der Waals surface area contributed by atoms with Crippen molar-refractivity contribution in [1.82, 2.24) is 10.2 Å². The molecule has 0 bridgehead atoms. The van der Waals surface area contributed by atoms with E-state index in [-0.39, 0.29) is 10.6 Å². The van der Waals surface area contributed by atoms with E-state index in [1.807, 2.05) is 0 Å². The number of aryl methyl sites for hydroxylation is 1. The Labute approximate surface area is 105 Å². The van der Waals surface area contributed by atoms with Gasteiger partial charge in [-0.05, 0) is 19.1 Å². The lowest BCUT2D eigenvalue weighted by atomic mass is 10.2. The molecule has 0 spiro atoms. The average Bonchev–Trinajstić information content (AvgIpc) is 2.63. The molecule has 0 aliphatic heterocycles. The molecule has 1 heterocycles. The number of carbonyl (C=O) groups excluding carboxylic acids is 1. The van der Waals surface area contributed by atoms with Crippen molar-refractivity contribution >= 4 is 34.0 Å². The van der Waals surface area contributed by atoms with Gasteiger partial charge in [-0.3, -0.25) is 10.1 Å². The highest BCUT2D eigenvalue weighted by Crippen LogP contribution is 2.21. The van der Waals surface area contributed by atoms with Crippen LogP contribution < -0.4 is 5.32 Å². The summed E-state index contributed by atoms with van der Waals surface area (Å²) < 4.78 is 13.4. The van der Waals surface area contributed by atoms with Crippen molar-refractivity contribution in [2.24, 2.45) is 0 Å². The molecule has 0 radical (unpaired) electrons. The van der Waals surface area contributed by atoms with Crippen LogP contribution in [-0.4, -0.2) is 16.1 Å². The third kappa shape index (κ3) is 2.59. The number of nitrogens with zero attached hydrogens (tertiary/aromatic N) is 2. The van der Waals surface area contributed by atoms with E-state index >= 15 is 0 Å². The standard InChI is InChI=1S/C10H7ClFN3OS/c1-5-14-15-10(17-5)13-9(16)8-6(11)3-2-4-7(8)12/h2-4H,1H3,(H,13,15,16). The normalized spacial score (nSPS) is 10.3. The van der Waals surface area contributed by atoms with Gasteiger partial charge in [0.2, 0.25) is 5.13 Å². The summed E-state index contributed by atoms with van der Waals surface area (Å²) in [7, 11) is 0. The van der Waals surface area contributed by atoms with Crippen LogP contribution in [0.1, 0.15) is 15.4 Å². The molecule has 0 saturated carbocycles. The van der Waals surface area contributed by atoms with E-state index in [9.17, 15) is 9.18 Å². The van der Waals surface area contributed by atoms with Gasteiger partial charge in [-0.1, -0.05) is 29.0 Å². The van der Waals surface area contributed by atoms with Gasteiger partial charge >= 0.3 is 0 Å². The summed E-state index contributed by atoms with van der Waals surface area (Å²) in [6, 6.07) is 4.06. The molecule has 1 aromatic carbocycles. The second kappa shape index (κ2) is 4.77. The third-order valence-corrected chi connectivity index (χ3v) is 3.01. The molecule has 0 saturated heterocycles. The van der Waals surface area contributed by atoms with E-state index in [1.54, 1.807) is 6.92 Å². The molecule has 1 N–H and O–H groups in total. The Morgan fingerprint density at radius 2 is 2.24 bits per heavy atom. The molecule has 4 nitrogen and oxygen atoms in total. The quantitative estimate of drug-likeness (QED) is 0.914. The molecule has 0 unspecified atom stereocenters. The molecule has 2 rings (SSSR count). The molecule has 1 amide bonds. The van der Waals surface area contributed by atoms with Crippen molar-refractivity contribution < 1.29 is 9.18 Å². The predicted molar refractivity (Wildman–Crippen MR) is 64.0 cm³/mol. The summed E-state index contributed by atoms with van der Waals surface area (Å²) in [6.45, 7) is 1.75. The van der Waals surface area contributed by atoms with Crippen LogP contribution in [0.4, 0.5) is 9.52 Å². The topological polar surface area (TPSA) is 54.9 Å². The summed E-state index contributed by atoms with van der Waals surface area (Å²) in [4.78, 5) is 11.8. The Morgan fingerprint density at radius 3 is 2.82 bits per heavy atom. The molecule has 2 aromatic rings. The third-order valence-electron chi connectivity index (χ3n) is 1.94. The van der Waals surface area contributed by atoms with E-state index in [4.69, 9.17) is 11.6 Å². The highest BCUT2D eigenvalue weighted by molar-refractivity contribution is 7.15. The molecular formula is C10H7ClFN3OS. The lowest BCUT2D eigenvalue weighted by molar-refractivity contribution is 0.102. The Hall–Kier alpha value is -1.53. The largest absolute Gasteiger partial charge is 0.296 e. The summed E-state index contributed by atoms with van der Waals surface area (Å²) >= 11 is 6.97. The maximum absolute atomic E-state index is 13.4. The van der Waals surface area contributed by atoms with Gasteiger partial charge in [0.25, 0.3) is 5.91 Å². The maximum Gasteiger partial charge on any atom is 0.261 e. The number of aromatic nitrogens is 2. The van der Waals surface area contributed by atoms with Crippen LogP contribution in [0.2, 0.25) is 5.02 Å². The molecule has 88 valence electrons. The zero-order chi connectivity index (χ0) is 12.4. The summed E-state index contributed by atoms with van der Waals surface area (Å²) in [5.41, 5.74) is -0.193. The monoisotopic (exact) mass is 271 g/mol. The van der Waals surface area contributed by atoms with Crippen molar-refractivity contribution in [3.8, 4) is 0 Å². The van der Waals surface area contributed by atoms with Crippen LogP contribution in [0.15, 0.2) is 18.2 Å². The zero-order valence-corrected chi connectivity index (χ0v) is 10.3. The number of hydrogen-bond donors (Lipinski definition) is 1. The molecule has 0 aliphatic carbocycles. The molecule has 0 fully saturated rings. The number of amides is 1. The van der Waals surface area contributed by atoms with Crippen LogP contribution in [0.5, 0.6) is 0 Å². The SMILES string of the molecule is Cc1nnc(NC(=O)c2c(F)cccc2Cl)s1. The minimum Gasteiger partial charge on any atom is -0.296 e. The number of carbonyl (C=O) groups is 1. The summed E-state index contributed by atoms with van der Waals surface area (Å²) in [5, 5.41) is 11.0. The first kappa shape index (κ1) is 11.9. The zero-order valence-electron chi connectivity index (χ0n) is 8.70. The van der Waals surface area contributed by atoms with Crippen molar-refractivity contribution in [2.75, 3.05) is 5.32 Å². The van der Waals surface area contributed by atoms with Crippen LogP contribution in [0, 0.1) is 12.7 Å². The highest BCUT2D eigenvalue weighted by Gasteiger charge is 2.17. The van der Waals surface area contributed by atoms with Crippen LogP contribution in [0.25, 0.3) is 0 Å². The summed E-state index contributed by atoms with van der Waals surface area (Å²) in [6.07, 6.45) is 0. The average molecular weight is 272 g/mol. The fraction of sp³-hybridized carbons (Fsp3) is 0.100. The second-order valence-corrected chi connectivity index (χ2v) is 4.77. The number of nitrogens with one attached hydrogen (secondary N) is 1. The first-order valence-corrected chi connectivity index (χ1v) is 5.83.